The predicted octanol–water partition coefficient (Wildman–Crippen LogP) is 2.86. The molecule has 0 saturated carbocycles. The number of nitrogens with two attached hydrogens (primary N) is 1. The van der Waals surface area contributed by atoms with Gasteiger partial charge in [0, 0.05) is 24.4 Å². The quantitative estimate of drug-likeness (QED) is 0.683. The second-order valence-electron chi connectivity index (χ2n) is 4.45. The predicted molar refractivity (Wildman–Crippen MR) is 74.8 cm³/mol. The third-order valence-corrected chi connectivity index (χ3v) is 2.91. The number of ether oxygens (including phenoxy) is 1. The summed E-state index contributed by atoms with van der Waals surface area (Å²) in [4.78, 5) is 14.7. The highest BCUT2D eigenvalue weighted by Gasteiger charge is 2.19. The van der Waals surface area contributed by atoms with E-state index >= 15 is 0 Å². The van der Waals surface area contributed by atoms with Gasteiger partial charge in [0.05, 0.1) is 4.92 Å². The Morgan fingerprint density at radius 1 is 1.35 bits per heavy atom. The van der Waals surface area contributed by atoms with Crippen molar-refractivity contribution in [1.82, 2.24) is 4.98 Å². The molecule has 20 heavy (non-hydrogen) atoms. The summed E-state index contributed by atoms with van der Waals surface area (Å²) < 4.78 is 5.64. The SMILES string of the molecule is Cc1cc(CN)cnc1Oc1c(C)cccc1[N+](=O)[O-]. The fourth-order valence-electron chi connectivity index (χ4n) is 1.85. The van der Waals surface area contributed by atoms with Crippen LogP contribution < -0.4 is 10.5 Å². The molecule has 0 radical (unpaired) electrons. The molecule has 1 heterocycles. The lowest BCUT2D eigenvalue weighted by Gasteiger charge is -2.10. The van der Waals surface area contributed by atoms with Crippen molar-refractivity contribution in [2.24, 2.45) is 5.73 Å². The third-order valence-electron chi connectivity index (χ3n) is 2.91. The van der Waals surface area contributed by atoms with E-state index in [9.17, 15) is 10.1 Å². The van der Waals surface area contributed by atoms with Gasteiger partial charge in [-0.1, -0.05) is 12.1 Å². The van der Waals surface area contributed by atoms with Crippen LogP contribution in [0.3, 0.4) is 0 Å². The lowest BCUT2D eigenvalue weighted by Crippen LogP contribution is -2.01. The van der Waals surface area contributed by atoms with Crippen molar-refractivity contribution in [1.29, 1.82) is 0 Å². The van der Waals surface area contributed by atoms with Crippen molar-refractivity contribution in [3.63, 3.8) is 0 Å². The molecule has 2 aromatic rings. The molecule has 0 spiro atoms. The van der Waals surface area contributed by atoms with Gasteiger partial charge in [0.15, 0.2) is 0 Å². The standard InChI is InChI=1S/C14H15N3O3/c1-9-4-3-5-12(17(18)19)13(9)20-14-10(2)6-11(7-15)8-16-14/h3-6,8H,7,15H2,1-2H3. The number of nitro benzene ring substituents is 1. The van der Waals surface area contributed by atoms with Crippen LogP contribution in [0.4, 0.5) is 5.69 Å². The Labute approximate surface area is 116 Å². The van der Waals surface area contributed by atoms with Crippen molar-refractivity contribution in [2.45, 2.75) is 20.4 Å². The molecule has 1 aromatic heterocycles. The molecule has 0 unspecified atom stereocenters. The van der Waals surface area contributed by atoms with E-state index in [0.29, 0.717) is 18.0 Å². The van der Waals surface area contributed by atoms with Crippen LogP contribution >= 0.6 is 0 Å². The van der Waals surface area contributed by atoms with Crippen LogP contribution in [-0.2, 0) is 6.54 Å². The van der Waals surface area contributed by atoms with Gasteiger partial charge < -0.3 is 10.5 Å². The highest BCUT2D eigenvalue weighted by atomic mass is 16.6. The number of benzene rings is 1. The number of aromatic nitrogens is 1. The van der Waals surface area contributed by atoms with Crippen LogP contribution in [0.1, 0.15) is 16.7 Å². The van der Waals surface area contributed by atoms with E-state index in [1.54, 1.807) is 25.3 Å². The van der Waals surface area contributed by atoms with Crippen molar-refractivity contribution in [2.75, 3.05) is 0 Å². The summed E-state index contributed by atoms with van der Waals surface area (Å²) >= 11 is 0. The number of nitro groups is 1. The number of rotatable bonds is 4. The van der Waals surface area contributed by atoms with Gasteiger partial charge in [-0.15, -0.1) is 0 Å². The van der Waals surface area contributed by atoms with Gasteiger partial charge in [-0.3, -0.25) is 10.1 Å². The van der Waals surface area contributed by atoms with E-state index in [1.165, 1.54) is 6.07 Å². The molecule has 0 aliphatic carbocycles. The molecule has 1 aromatic carbocycles. The Hall–Kier alpha value is -2.47. The maximum Gasteiger partial charge on any atom is 0.311 e. The number of aryl methyl sites for hydroxylation is 2. The van der Waals surface area contributed by atoms with Crippen LogP contribution in [0.2, 0.25) is 0 Å². The first-order chi connectivity index (χ1) is 9.52. The maximum atomic E-state index is 11.0. The van der Waals surface area contributed by atoms with Crippen LogP contribution in [0.5, 0.6) is 11.6 Å². The summed E-state index contributed by atoms with van der Waals surface area (Å²) in [6, 6.07) is 6.64. The summed E-state index contributed by atoms with van der Waals surface area (Å²) in [6.45, 7) is 3.97. The summed E-state index contributed by atoms with van der Waals surface area (Å²) in [6.07, 6.45) is 1.60. The third kappa shape index (κ3) is 2.75. The van der Waals surface area contributed by atoms with E-state index < -0.39 is 4.92 Å². The zero-order valence-electron chi connectivity index (χ0n) is 11.3. The summed E-state index contributed by atoms with van der Waals surface area (Å²) in [5, 5.41) is 11.0. The summed E-state index contributed by atoms with van der Waals surface area (Å²) in [5.41, 5.74) is 7.81. The Kier molecular flexibility index (Phi) is 3.95. The first kappa shape index (κ1) is 14.0. The Balaban J connectivity index is 2.42. The highest BCUT2D eigenvalue weighted by Crippen LogP contribution is 2.34. The minimum atomic E-state index is -0.466. The fourth-order valence-corrected chi connectivity index (χ4v) is 1.85. The largest absolute Gasteiger partial charge is 0.431 e. The maximum absolute atomic E-state index is 11.0. The van der Waals surface area contributed by atoms with Gasteiger partial charge >= 0.3 is 5.69 Å². The smallest absolute Gasteiger partial charge is 0.311 e. The number of nitrogens with zero attached hydrogens (tertiary/aromatic N) is 2. The molecule has 0 atom stereocenters. The number of hydrogen-bond acceptors (Lipinski definition) is 5. The van der Waals surface area contributed by atoms with Crippen LogP contribution in [0, 0.1) is 24.0 Å². The van der Waals surface area contributed by atoms with Gasteiger partial charge in [-0.05, 0) is 31.0 Å². The van der Waals surface area contributed by atoms with Crippen LogP contribution in [-0.4, -0.2) is 9.91 Å². The lowest BCUT2D eigenvalue weighted by atomic mass is 10.2. The average Bonchev–Trinajstić information content (AvgIpc) is 2.42. The van der Waals surface area contributed by atoms with E-state index in [-0.39, 0.29) is 11.4 Å². The molecule has 2 N–H and O–H groups in total. The molecule has 0 aliphatic heterocycles. The van der Waals surface area contributed by atoms with Gasteiger partial charge in [-0.2, -0.15) is 0 Å². The fraction of sp³-hybridized carbons (Fsp3) is 0.214. The molecular weight excluding hydrogens is 258 g/mol. The van der Waals surface area contributed by atoms with Gasteiger partial charge in [-0.25, -0.2) is 4.98 Å². The molecule has 0 bridgehead atoms. The Morgan fingerprint density at radius 2 is 2.10 bits per heavy atom. The minimum absolute atomic E-state index is 0.0749. The number of hydrogen-bond donors (Lipinski definition) is 1. The molecule has 6 nitrogen and oxygen atoms in total. The molecule has 2 rings (SSSR count). The number of para-hydroxylation sites is 1. The highest BCUT2D eigenvalue weighted by molar-refractivity contribution is 5.53. The molecule has 0 fully saturated rings. The number of pyridine rings is 1. The molecule has 6 heteroatoms. The second kappa shape index (κ2) is 5.66. The Morgan fingerprint density at radius 3 is 2.70 bits per heavy atom. The minimum Gasteiger partial charge on any atom is -0.431 e. The van der Waals surface area contributed by atoms with E-state index in [1.807, 2.05) is 13.0 Å². The van der Waals surface area contributed by atoms with Crippen molar-refractivity contribution in [3.05, 3.63) is 57.3 Å². The van der Waals surface area contributed by atoms with Crippen molar-refractivity contribution in [3.8, 4) is 11.6 Å². The second-order valence-corrected chi connectivity index (χ2v) is 4.45. The molecule has 104 valence electrons. The Bertz CT molecular complexity index is 656. The monoisotopic (exact) mass is 273 g/mol. The molecular formula is C14H15N3O3. The average molecular weight is 273 g/mol. The van der Waals surface area contributed by atoms with E-state index in [4.69, 9.17) is 10.5 Å². The van der Waals surface area contributed by atoms with E-state index in [2.05, 4.69) is 4.98 Å². The lowest BCUT2D eigenvalue weighted by molar-refractivity contribution is -0.385. The molecule has 0 saturated heterocycles. The van der Waals surface area contributed by atoms with Gasteiger partial charge in [0.1, 0.15) is 0 Å². The zero-order valence-corrected chi connectivity index (χ0v) is 11.3. The van der Waals surface area contributed by atoms with Crippen LogP contribution in [0.25, 0.3) is 0 Å². The van der Waals surface area contributed by atoms with Gasteiger partial charge in [0.2, 0.25) is 11.6 Å². The van der Waals surface area contributed by atoms with Crippen molar-refractivity contribution < 1.29 is 9.66 Å². The topological polar surface area (TPSA) is 91.3 Å². The molecule has 0 aliphatic rings. The van der Waals surface area contributed by atoms with E-state index in [0.717, 1.165) is 11.1 Å². The van der Waals surface area contributed by atoms with Crippen molar-refractivity contribution >= 4 is 5.69 Å². The summed E-state index contributed by atoms with van der Waals surface area (Å²) in [5.74, 6) is 0.563. The van der Waals surface area contributed by atoms with Gasteiger partial charge in [0.25, 0.3) is 0 Å². The first-order valence-corrected chi connectivity index (χ1v) is 6.10. The normalized spacial score (nSPS) is 10.3. The first-order valence-electron chi connectivity index (χ1n) is 6.10. The molecule has 0 amide bonds. The van der Waals surface area contributed by atoms with Crippen LogP contribution in [0.15, 0.2) is 30.5 Å². The zero-order chi connectivity index (χ0) is 14.7. The summed E-state index contributed by atoms with van der Waals surface area (Å²) in [7, 11) is 0.